The molecule has 1 nitrogen and oxygen atoms in total. The third-order valence-corrected chi connectivity index (χ3v) is 2.65. The van der Waals surface area contributed by atoms with Crippen LogP contribution in [0.5, 0.6) is 0 Å². The van der Waals surface area contributed by atoms with Crippen molar-refractivity contribution < 1.29 is 0 Å². The minimum atomic E-state index is 0.545. The molecular weight excluding hydrogens is 194 g/mol. The van der Waals surface area contributed by atoms with Crippen LogP contribution >= 0.6 is 0 Å². The summed E-state index contributed by atoms with van der Waals surface area (Å²) >= 11 is 0. The van der Waals surface area contributed by atoms with E-state index < -0.39 is 0 Å². The monoisotopic (exact) mass is 221 g/mol. The number of hydrogen-bond donors (Lipinski definition) is 1. The molecule has 0 radical (unpaired) electrons. The second kappa shape index (κ2) is 9.41. The molecule has 1 N–H and O–H groups in total. The lowest BCUT2D eigenvalue weighted by atomic mass is 10.1. The first-order chi connectivity index (χ1) is 7.60. The SMILES string of the molecule is C=C(C/C=C/C/C(C)=C\C)CC(C)NCC. The fourth-order valence-electron chi connectivity index (χ4n) is 1.57. The van der Waals surface area contributed by atoms with E-state index in [0.717, 1.165) is 25.8 Å². The van der Waals surface area contributed by atoms with Crippen LogP contribution in [0.1, 0.15) is 47.0 Å². The maximum absolute atomic E-state index is 4.11. The second-order valence-electron chi connectivity index (χ2n) is 4.43. The van der Waals surface area contributed by atoms with E-state index in [2.05, 4.69) is 57.8 Å². The van der Waals surface area contributed by atoms with Crippen molar-refractivity contribution in [3.05, 3.63) is 36.0 Å². The molecule has 0 aliphatic rings. The third kappa shape index (κ3) is 8.49. The molecule has 0 saturated carbocycles. The van der Waals surface area contributed by atoms with Crippen molar-refractivity contribution in [1.29, 1.82) is 0 Å². The zero-order valence-electron chi connectivity index (χ0n) is 11.3. The van der Waals surface area contributed by atoms with Crippen molar-refractivity contribution in [3.63, 3.8) is 0 Å². The predicted molar refractivity (Wildman–Crippen MR) is 74.7 cm³/mol. The van der Waals surface area contributed by atoms with Crippen LogP contribution in [0.3, 0.4) is 0 Å². The molecule has 16 heavy (non-hydrogen) atoms. The maximum Gasteiger partial charge on any atom is 0.00758 e. The maximum atomic E-state index is 4.11. The molecule has 0 saturated heterocycles. The van der Waals surface area contributed by atoms with Crippen LogP contribution in [0.25, 0.3) is 0 Å². The van der Waals surface area contributed by atoms with Gasteiger partial charge in [0.2, 0.25) is 0 Å². The molecule has 0 amide bonds. The summed E-state index contributed by atoms with van der Waals surface area (Å²) in [5, 5.41) is 3.40. The number of hydrogen-bond acceptors (Lipinski definition) is 1. The summed E-state index contributed by atoms with van der Waals surface area (Å²) in [6.45, 7) is 13.7. The Labute approximate surface area is 101 Å². The van der Waals surface area contributed by atoms with Crippen molar-refractivity contribution in [2.45, 2.75) is 53.0 Å². The lowest BCUT2D eigenvalue weighted by Gasteiger charge is -2.12. The minimum Gasteiger partial charge on any atom is -0.314 e. The van der Waals surface area contributed by atoms with Gasteiger partial charge in [-0.1, -0.05) is 42.9 Å². The molecule has 0 heterocycles. The number of allylic oxidation sites excluding steroid dienone is 4. The van der Waals surface area contributed by atoms with Gasteiger partial charge in [0.1, 0.15) is 0 Å². The fraction of sp³-hybridized carbons (Fsp3) is 0.600. The highest BCUT2D eigenvalue weighted by atomic mass is 14.9. The molecule has 0 rings (SSSR count). The standard InChI is InChI=1S/C15H27N/c1-6-13(3)10-8-9-11-14(4)12-15(5)16-7-2/h6,8-9,15-16H,4,7,10-12H2,1-3,5H3/b9-8+,13-6-. The molecule has 0 spiro atoms. The molecule has 92 valence electrons. The normalized spacial score (nSPS) is 14.4. The smallest absolute Gasteiger partial charge is 0.00758 e. The molecule has 1 heteroatoms. The van der Waals surface area contributed by atoms with E-state index in [-0.39, 0.29) is 0 Å². The quantitative estimate of drug-likeness (QED) is 0.605. The van der Waals surface area contributed by atoms with Gasteiger partial charge in [-0.2, -0.15) is 0 Å². The van der Waals surface area contributed by atoms with E-state index in [1.54, 1.807) is 0 Å². The van der Waals surface area contributed by atoms with E-state index in [1.165, 1.54) is 11.1 Å². The summed E-state index contributed by atoms with van der Waals surface area (Å²) in [4.78, 5) is 0. The Kier molecular flexibility index (Phi) is 8.93. The summed E-state index contributed by atoms with van der Waals surface area (Å²) in [5.74, 6) is 0. The molecule has 1 unspecified atom stereocenters. The van der Waals surface area contributed by atoms with Gasteiger partial charge < -0.3 is 5.32 Å². The van der Waals surface area contributed by atoms with Gasteiger partial charge in [0.25, 0.3) is 0 Å². The van der Waals surface area contributed by atoms with Gasteiger partial charge >= 0.3 is 0 Å². The van der Waals surface area contributed by atoms with Gasteiger partial charge in [0.05, 0.1) is 0 Å². The zero-order chi connectivity index (χ0) is 12.4. The van der Waals surface area contributed by atoms with Gasteiger partial charge in [-0.3, -0.25) is 0 Å². The van der Waals surface area contributed by atoms with E-state index in [1.807, 2.05) is 0 Å². The molecular formula is C15H27N. The Bertz CT molecular complexity index is 248. The zero-order valence-corrected chi connectivity index (χ0v) is 11.3. The van der Waals surface area contributed by atoms with Gasteiger partial charge in [0, 0.05) is 6.04 Å². The van der Waals surface area contributed by atoms with Crippen LogP contribution in [0.15, 0.2) is 36.0 Å². The molecule has 0 aromatic heterocycles. The first-order valence-corrected chi connectivity index (χ1v) is 6.27. The lowest BCUT2D eigenvalue weighted by Crippen LogP contribution is -2.25. The van der Waals surface area contributed by atoms with E-state index in [0.29, 0.717) is 6.04 Å². The van der Waals surface area contributed by atoms with Crippen LogP contribution < -0.4 is 5.32 Å². The first-order valence-electron chi connectivity index (χ1n) is 6.27. The van der Waals surface area contributed by atoms with Gasteiger partial charge in [-0.15, -0.1) is 0 Å². The van der Waals surface area contributed by atoms with E-state index >= 15 is 0 Å². The summed E-state index contributed by atoms with van der Waals surface area (Å²) in [6, 6.07) is 0.545. The number of nitrogens with one attached hydrogen (secondary N) is 1. The average Bonchev–Trinajstić information content (AvgIpc) is 2.24. The largest absolute Gasteiger partial charge is 0.314 e. The van der Waals surface area contributed by atoms with Crippen LogP contribution in [0.2, 0.25) is 0 Å². The second-order valence-corrected chi connectivity index (χ2v) is 4.43. The molecule has 0 fully saturated rings. The molecule has 0 aromatic carbocycles. The molecule has 0 aromatic rings. The molecule has 0 bridgehead atoms. The van der Waals surface area contributed by atoms with Crippen molar-refractivity contribution in [1.82, 2.24) is 5.32 Å². The van der Waals surface area contributed by atoms with Crippen molar-refractivity contribution in [2.24, 2.45) is 0 Å². The van der Waals surface area contributed by atoms with Gasteiger partial charge in [-0.05, 0) is 46.6 Å². The Balaban J connectivity index is 3.72. The highest BCUT2D eigenvalue weighted by Gasteiger charge is 2.00. The van der Waals surface area contributed by atoms with Crippen molar-refractivity contribution in [2.75, 3.05) is 6.54 Å². The van der Waals surface area contributed by atoms with Gasteiger partial charge in [0.15, 0.2) is 0 Å². The van der Waals surface area contributed by atoms with Crippen LogP contribution in [-0.4, -0.2) is 12.6 Å². The highest BCUT2D eigenvalue weighted by molar-refractivity contribution is 5.08. The summed E-state index contributed by atoms with van der Waals surface area (Å²) in [6.07, 6.45) is 9.76. The Morgan fingerprint density at radius 2 is 1.94 bits per heavy atom. The van der Waals surface area contributed by atoms with Crippen molar-refractivity contribution in [3.8, 4) is 0 Å². The van der Waals surface area contributed by atoms with Crippen molar-refractivity contribution >= 4 is 0 Å². The Morgan fingerprint density at radius 3 is 2.50 bits per heavy atom. The summed E-state index contributed by atoms with van der Waals surface area (Å²) < 4.78 is 0. The highest BCUT2D eigenvalue weighted by Crippen LogP contribution is 2.09. The fourth-order valence-corrected chi connectivity index (χ4v) is 1.57. The van der Waals surface area contributed by atoms with Gasteiger partial charge in [-0.25, -0.2) is 0 Å². The minimum absolute atomic E-state index is 0.545. The summed E-state index contributed by atoms with van der Waals surface area (Å²) in [5.41, 5.74) is 2.73. The van der Waals surface area contributed by atoms with Crippen LogP contribution in [0, 0.1) is 0 Å². The van der Waals surface area contributed by atoms with Crippen LogP contribution in [0.4, 0.5) is 0 Å². The van der Waals surface area contributed by atoms with E-state index in [9.17, 15) is 0 Å². The van der Waals surface area contributed by atoms with Crippen LogP contribution in [-0.2, 0) is 0 Å². The first kappa shape index (κ1) is 15.2. The van der Waals surface area contributed by atoms with E-state index in [4.69, 9.17) is 0 Å². The summed E-state index contributed by atoms with van der Waals surface area (Å²) in [7, 11) is 0. The molecule has 0 aliphatic heterocycles. The number of rotatable bonds is 8. The third-order valence-electron chi connectivity index (χ3n) is 2.65. The predicted octanol–water partition coefficient (Wildman–Crippen LogP) is 4.23. The topological polar surface area (TPSA) is 12.0 Å². The Hall–Kier alpha value is -0.820. The molecule has 1 atom stereocenters. The molecule has 0 aliphatic carbocycles. The Morgan fingerprint density at radius 1 is 1.31 bits per heavy atom. The lowest BCUT2D eigenvalue weighted by molar-refractivity contribution is 0.560. The average molecular weight is 221 g/mol.